The van der Waals surface area contributed by atoms with Crippen molar-refractivity contribution in [2.75, 3.05) is 22.4 Å². The molecule has 2 aromatic rings. The molecule has 0 heterocycles. The predicted molar refractivity (Wildman–Crippen MR) is 95.8 cm³/mol. The van der Waals surface area contributed by atoms with E-state index in [0.29, 0.717) is 22.7 Å². The summed E-state index contributed by atoms with van der Waals surface area (Å²) >= 11 is 10.8. The summed E-state index contributed by atoms with van der Waals surface area (Å²) in [5.41, 5.74) is 2.55. The Labute approximate surface area is 148 Å². The van der Waals surface area contributed by atoms with E-state index in [2.05, 4.69) is 20.9 Å². The molecule has 0 saturated heterocycles. The molecule has 0 bridgehead atoms. The molecule has 0 aliphatic rings. The Balaban J connectivity index is 1.97. The van der Waals surface area contributed by atoms with E-state index in [1.807, 2.05) is 0 Å². The number of amides is 2. The number of rotatable bonds is 6. The van der Waals surface area contributed by atoms with Gasteiger partial charge < -0.3 is 10.6 Å². The molecule has 124 valence electrons. The molecule has 0 radical (unpaired) electrons. The number of carbonyl (C=O) groups is 2. The Bertz CT molecular complexity index is 667. The third kappa shape index (κ3) is 5.64. The molecule has 2 amide bonds. The third-order valence-electron chi connectivity index (χ3n) is 2.83. The van der Waals surface area contributed by atoms with E-state index in [9.17, 15) is 9.59 Å². The van der Waals surface area contributed by atoms with Crippen molar-refractivity contribution in [2.24, 2.45) is 10.2 Å². The molecule has 0 atom stereocenters. The molecular formula is C16H14Cl2N4O2. The summed E-state index contributed by atoms with van der Waals surface area (Å²) in [4.78, 5) is 22.3. The van der Waals surface area contributed by atoms with Gasteiger partial charge in [0.05, 0.1) is 11.4 Å². The topological polar surface area (TPSA) is 82.9 Å². The van der Waals surface area contributed by atoms with Crippen LogP contribution < -0.4 is 10.6 Å². The third-order valence-corrected chi connectivity index (χ3v) is 3.31. The van der Waals surface area contributed by atoms with Crippen molar-refractivity contribution in [1.29, 1.82) is 0 Å². The first kappa shape index (κ1) is 17.9. The summed E-state index contributed by atoms with van der Waals surface area (Å²) in [6.45, 7) is 0. The van der Waals surface area contributed by atoms with E-state index in [1.54, 1.807) is 48.5 Å². The van der Waals surface area contributed by atoms with Crippen molar-refractivity contribution in [3.8, 4) is 0 Å². The van der Waals surface area contributed by atoms with Crippen molar-refractivity contribution in [1.82, 2.24) is 0 Å². The standard InChI is InChI=1S/C16H14Cl2N4O2/c17-9-15(23)19-11-1-5-13(6-2-11)21-22-14-7-3-12(4-8-14)20-16(24)10-18/h1-8H,9-10H2,(H,19,23)(H,20,24). The summed E-state index contributed by atoms with van der Waals surface area (Å²) in [6.07, 6.45) is 0. The van der Waals surface area contributed by atoms with Gasteiger partial charge in [0.2, 0.25) is 11.8 Å². The highest BCUT2D eigenvalue weighted by Gasteiger charge is 2.01. The maximum Gasteiger partial charge on any atom is 0.239 e. The molecule has 8 heteroatoms. The minimum absolute atomic E-state index is 0.0944. The molecule has 2 aromatic carbocycles. The fraction of sp³-hybridized carbons (Fsp3) is 0.125. The number of anilines is 2. The lowest BCUT2D eigenvalue weighted by Gasteiger charge is -2.03. The zero-order valence-electron chi connectivity index (χ0n) is 12.5. The van der Waals surface area contributed by atoms with Crippen LogP contribution in [-0.2, 0) is 9.59 Å². The smallest absolute Gasteiger partial charge is 0.239 e. The van der Waals surface area contributed by atoms with Crippen LogP contribution in [0.4, 0.5) is 22.7 Å². The zero-order chi connectivity index (χ0) is 17.4. The minimum Gasteiger partial charge on any atom is -0.325 e. The number of nitrogens with zero attached hydrogens (tertiary/aromatic N) is 2. The minimum atomic E-state index is -0.271. The second-order valence-corrected chi connectivity index (χ2v) is 5.19. The van der Waals surface area contributed by atoms with Crippen LogP contribution in [0.3, 0.4) is 0 Å². The lowest BCUT2D eigenvalue weighted by atomic mass is 10.3. The monoisotopic (exact) mass is 364 g/mol. The van der Waals surface area contributed by atoms with Gasteiger partial charge in [0, 0.05) is 11.4 Å². The Morgan fingerprint density at radius 2 is 1.04 bits per heavy atom. The van der Waals surface area contributed by atoms with Gasteiger partial charge in [-0.2, -0.15) is 10.2 Å². The van der Waals surface area contributed by atoms with Crippen LogP contribution >= 0.6 is 23.2 Å². The summed E-state index contributed by atoms with van der Waals surface area (Å²) in [5, 5.41) is 13.5. The van der Waals surface area contributed by atoms with Gasteiger partial charge in [0.15, 0.2) is 0 Å². The van der Waals surface area contributed by atoms with E-state index in [1.165, 1.54) is 0 Å². The van der Waals surface area contributed by atoms with E-state index >= 15 is 0 Å². The Kier molecular flexibility index (Phi) is 6.72. The van der Waals surface area contributed by atoms with E-state index in [0.717, 1.165) is 0 Å². The zero-order valence-corrected chi connectivity index (χ0v) is 14.0. The van der Waals surface area contributed by atoms with Crippen LogP contribution in [0.15, 0.2) is 58.8 Å². The molecule has 6 nitrogen and oxygen atoms in total. The van der Waals surface area contributed by atoms with Gasteiger partial charge in [-0.25, -0.2) is 0 Å². The van der Waals surface area contributed by atoms with Gasteiger partial charge in [-0.05, 0) is 48.5 Å². The first-order chi connectivity index (χ1) is 11.6. The second kappa shape index (κ2) is 9.00. The number of hydrogen-bond donors (Lipinski definition) is 2. The molecule has 0 aliphatic carbocycles. The molecule has 0 unspecified atom stereocenters. The van der Waals surface area contributed by atoms with Gasteiger partial charge in [-0.1, -0.05) is 0 Å². The van der Waals surface area contributed by atoms with Gasteiger partial charge >= 0.3 is 0 Å². The molecule has 0 aliphatic heterocycles. The number of nitrogens with one attached hydrogen (secondary N) is 2. The van der Waals surface area contributed by atoms with Gasteiger partial charge in [0.25, 0.3) is 0 Å². The van der Waals surface area contributed by atoms with Crippen molar-refractivity contribution in [2.45, 2.75) is 0 Å². The van der Waals surface area contributed by atoms with Crippen LogP contribution in [0.1, 0.15) is 0 Å². The number of halogens is 2. The van der Waals surface area contributed by atoms with E-state index in [-0.39, 0.29) is 23.6 Å². The van der Waals surface area contributed by atoms with Gasteiger partial charge in [-0.3, -0.25) is 9.59 Å². The Morgan fingerprint density at radius 1 is 0.708 bits per heavy atom. The van der Waals surface area contributed by atoms with Crippen LogP contribution in [0, 0.1) is 0 Å². The average Bonchev–Trinajstić information content (AvgIpc) is 2.62. The second-order valence-electron chi connectivity index (χ2n) is 4.66. The molecule has 0 spiro atoms. The van der Waals surface area contributed by atoms with E-state index in [4.69, 9.17) is 23.2 Å². The fourth-order valence-electron chi connectivity index (χ4n) is 1.73. The number of hydrogen-bond acceptors (Lipinski definition) is 4. The fourth-order valence-corrected chi connectivity index (χ4v) is 1.86. The summed E-state index contributed by atoms with van der Waals surface area (Å²) in [7, 11) is 0. The number of benzene rings is 2. The summed E-state index contributed by atoms with van der Waals surface area (Å²) < 4.78 is 0. The van der Waals surface area contributed by atoms with Crippen molar-refractivity contribution < 1.29 is 9.59 Å². The molecule has 24 heavy (non-hydrogen) atoms. The van der Waals surface area contributed by atoms with Crippen LogP contribution in [-0.4, -0.2) is 23.6 Å². The molecule has 0 saturated carbocycles. The van der Waals surface area contributed by atoms with Crippen molar-refractivity contribution >= 4 is 57.8 Å². The molecule has 2 N–H and O–H groups in total. The maximum atomic E-state index is 11.2. The van der Waals surface area contributed by atoms with Gasteiger partial charge in [0.1, 0.15) is 11.8 Å². The SMILES string of the molecule is O=C(CCl)Nc1ccc(N=Nc2ccc(NC(=O)CCl)cc2)cc1. The molecule has 2 rings (SSSR count). The summed E-state index contributed by atoms with van der Waals surface area (Å²) in [5.74, 6) is -0.731. The maximum absolute atomic E-state index is 11.2. The molecule has 0 fully saturated rings. The van der Waals surface area contributed by atoms with Crippen molar-refractivity contribution in [3.05, 3.63) is 48.5 Å². The van der Waals surface area contributed by atoms with Crippen molar-refractivity contribution in [3.63, 3.8) is 0 Å². The van der Waals surface area contributed by atoms with Crippen LogP contribution in [0.25, 0.3) is 0 Å². The normalized spacial score (nSPS) is 10.6. The Morgan fingerprint density at radius 3 is 1.33 bits per heavy atom. The quantitative estimate of drug-likeness (QED) is 0.585. The highest BCUT2D eigenvalue weighted by atomic mass is 35.5. The van der Waals surface area contributed by atoms with Gasteiger partial charge in [-0.15, -0.1) is 23.2 Å². The number of carbonyl (C=O) groups excluding carboxylic acids is 2. The first-order valence-corrected chi connectivity index (χ1v) is 8.01. The molecular weight excluding hydrogens is 351 g/mol. The number of alkyl halides is 2. The van der Waals surface area contributed by atoms with E-state index < -0.39 is 0 Å². The number of azo groups is 1. The lowest BCUT2D eigenvalue weighted by molar-refractivity contribution is -0.114. The average molecular weight is 365 g/mol. The van der Waals surface area contributed by atoms with Crippen LogP contribution in [0.5, 0.6) is 0 Å². The van der Waals surface area contributed by atoms with Crippen LogP contribution in [0.2, 0.25) is 0 Å². The lowest BCUT2D eigenvalue weighted by Crippen LogP contribution is -2.12. The molecule has 0 aromatic heterocycles. The highest BCUT2D eigenvalue weighted by molar-refractivity contribution is 6.29. The Hall–Kier alpha value is -2.44. The largest absolute Gasteiger partial charge is 0.325 e. The predicted octanol–water partition coefficient (Wildman–Crippen LogP) is 4.46. The first-order valence-electron chi connectivity index (χ1n) is 6.94. The summed E-state index contributed by atoms with van der Waals surface area (Å²) in [6, 6.07) is 13.7. The highest BCUT2D eigenvalue weighted by Crippen LogP contribution is 2.21.